The van der Waals surface area contributed by atoms with Crippen LogP contribution in [-0.4, -0.2) is 11.2 Å². The second-order valence-corrected chi connectivity index (χ2v) is 10.0. The van der Waals surface area contributed by atoms with Gasteiger partial charge in [-0.3, -0.25) is 0 Å². The average molecular weight is 460 g/mol. The predicted molar refractivity (Wildman–Crippen MR) is 147 cm³/mol. The van der Waals surface area contributed by atoms with E-state index in [-0.39, 0.29) is 6.10 Å². The Hall–Kier alpha value is -2.59. The first-order valence-electron chi connectivity index (χ1n) is 12.9. The van der Waals surface area contributed by atoms with Gasteiger partial charge >= 0.3 is 0 Å². The molecule has 0 radical (unpaired) electrons. The monoisotopic (exact) mass is 459 g/mol. The highest BCUT2D eigenvalue weighted by molar-refractivity contribution is 5.67. The first-order chi connectivity index (χ1) is 16.2. The molecule has 0 spiro atoms. The van der Waals surface area contributed by atoms with Gasteiger partial charge in [0.25, 0.3) is 0 Å². The first kappa shape index (κ1) is 29.4. The van der Waals surface area contributed by atoms with Crippen LogP contribution in [-0.2, 0) is 0 Å². The highest BCUT2D eigenvalue weighted by Gasteiger charge is 2.25. The van der Waals surface area contributed by atoms with Gasteiger partial charge in [-0.05, 0) is 87.5 Å². The van der Waals surface area contributed by atoms with E-state index >= 15 is 0 Å². The van der Waals surface area contributed by atoms with Gasteiger partial charge in [-0.25, -0.2) is 0 Å². The topological polar surface area (TPSA) is 44.0 Å². The Morgan fingerprint density at radius 3 is 1.88 bits per heavy atom. The fourth-order valence-electron chi connectivity index (χ4n) is 4.34. The van der Waals surface area contributed by atoms with Crippen molar-refractivity contribution in [3.63, 3.8) is 0 Å². The zero-order valence-corrected chi connectivity index (χ0v) is 22.3. The van der Waals surface area contributed by atoms with Gasteiger partial charge in [0.1, 0.15) is 0 Å². The summed E-state index contributed by atoms with van der Waals surface area (Å²) in [6, 6.07) is 19.0. The molecule has 1 aliphatic rings. The van der Waals surface area contributed by atoms with Gasteiger partial charge in [-0.1, -0.05) is 82.2 Å². The van der Waals surface area contributed by atoms with Gasteiger partial charge in [0.2, 0.25) is 0 Å². The zero-order chi connectivity index (χ0) is 25.5. The van der Waals surface area contributed by atoms with E-state index < -0.39 is 0 Å². The van der Waals surface area contributed by atoms with Crippen molar-refractivity contribution in [1.29, 1.82) is 5.26 Å². The Morgan fingerprint density at radius 1 is 0.971 bits per heavy atom. The molecule has 0 amide bonds. The summed E-state index contributed by atoms with van der Waals surface area (Å²) in [7, 11) is 0. The van der Waals surface area contributed by atoms with Crippen LogP contribution in [0.1, 0.15) is 101 Å². The lowest BCUT2D eigenvalue weighted by Gasteiger charge is -2.30. The van der Waals surface area contributed by atoms with Crippen LogP contribution in [0.2, 0.25) is 0 Å². The molecule has 0 atom stereocenters. The Morgan fingerprint density at radius 2 is 1.50 bits per heavy atom. The number of aliphatic hydroxyl groups is 1. The van der Waals surface area contributed by atoms with Crippen LogP contribution in [0.15, 0.2) is 60.8 Å². The Bertz CT molecular complexity index is 898. The Labute approximate surface area is 209 Å². The number of hydrogen-bond acceptors (Lipinski definition) is 2. The summed E-state index contributed by atoms with van der Waals surface area (Å²) in [6.07, 6.45) is 7.27. The lowest BCUT2D eigenvalue weighted by molar-refractivity contribution is 0.216. The Kier molecular flexibility index (Phi) is 13.9. The lowest BCUT2D eigenvalue weighted by atomic mass is 9.74. The summed E-state index contributed by atoms with van der Waals surface area (Å²) in [4.78, 5) is 0. The van der Waals surface area contributed by atoms with Crippen LogP contribution in [0.4, 0.5) is 0 Å². The van der Waals surface area contributed by atoms with E-state index in [2.05, 4.69) is 82.5 Å². The van der Waals surface area contributed by atoms with Crippen LogP contribution in [0.25, 0.3) is 5.57 Å². The number of nitriles is 1. The number of nitrogens with zero attached hydrogens (tertiary/aromatic N) is 1. The van der Waals surface area contributed by atoms with E-state index in [0.717, 1.165) is 11.5 Å². The van der Waals surface area contributed by atoms with Crippen LogP contribution >= 0.6 is 0 Å². The van der Waals surface area contributed by atoms with E-state index in [0.29, 0.717) is 11.8 Å². The molecule has 1 saturated carbocycles. The number of rotatable bonds is 5. The summed E-state index contributed by atoms with van der Waals surface area (Å²) in [6.45, 7) is 16.2. The summed E-state index contributed by atoms with van der Waals surface area (Å²) in [5, 5.41) is 17.0. The number of aliphatic hydroxyl groups excluding tert-OH is 1. The van der Waals surface area contributed by atoms with Crippen molar-refractivity contribution < 1.29 is 5.11 Å². The standard InChI is InChI=1S/C23H23N.C6H14.C3H8O/c1-3-23(21-8-4-17(2)5-9-21)22-14-12-20(13-15-22)19-10-6-18(16-24)7-11-19;1-4-5-6(2)3;1-3(2)4/h4-11,20,22H,1,12-15H2,2H3;6H,4-5H2,1-3H3;3-4H,1-2H3. The summed E-state index contributed by atoms with van der Waals surface area (Å²) >= 11 is 0. The average Bonchev–Trinajstić information content (AvgIpc) is 2.81. The fraction of sp³-hybridized carbons (Fsp3) is 0.500. The highest BCUT2D eigenvalue weighted by atomic mass is 16.3. The van der Waals surface area contributed by atoms with Gasteiger partial charge in [0.15, 0.2) is 0 Å². The van der Waals surface area contributed by atoms with E-state index in [1.165, 1.54) is 60.8 Å². The number of allylic oxidation sites excluding steroid dienone is 1. The molecule has 1 fully saturated rings. The molecule has 0 bridgehead atoms. The second-order valence-electron chi connectivity index (χ2n) is 10.0. The highest BCUT2D eigenvalue weighted by Crippen LogP contribution is 2.41. The van der Waals surface area contributed by atoms with Gasteiger partial charge < -0.3 is 5.11 Å². The summed E-state index contributed by atoms with van der Waals surface area (Å²) < 4.78 is 0. The SMILES string of the molecule is C=C=C(c1ccc(C)cc1)C1CCC(c2ccc(C#N)cc2)CC1.CC(C)O.CCCC(C)C. The molecule has 0 aliphatic heterocycles. The largest absolute Gasteiger partial charge is 0.394 e. The molecule has 2 heteroatoms. The minimum absolute atomic E-state index is 0.167. The first-order valence-corrected chi connectivity index (χ1v) is 12.9. The molecule has 0 aromatic heterocycles. The van der Waals surface area contributed by atoms with E-state index in [9.17, 15) is 0 Å². The van der Waals surface area contributed by atoms with Crippen LogP contribution in [0.5, 0.6) is 0 Å². The molecular weight excluding hydrogens is 414 g/mol. The smallest absolute Gasteiger partial charge is 0.0991 e. The van der Waals surface area contributed by atoms with Crippen LogP contribution in [0, 0.1) is 30.1 Å². The third kappa shape index (κ3) is 11.0. The summed E-state index contributed by atoms with van der Waals surface area (Å²) in [5.41, 5.74) is 9.13. The third-order valence-electron chi connectivity index (χ3n) is 6.07. The van der Waals surface area contributed by atoms with E-state index in [4.69, 9.17) is 10.4 Å². The van der Waals surface area contributed by atoms with E-state index in [1.54, 1.807) is 13.8 Å². The summed E-state index contributed by atoms with van der Waals surface area (Å²) in [5.74, 6) is 2.06. The predicted octanol–water partition coefficient (Wildman–Crippen LogP) is 8.84. The number of aryl methyl sites for hydroxylation is 1. The lowest BCUT2D eigenvalue weighted by Crippen LogP contribution is -2.14. The molecule has 1 N–H and O–H groups in total. The van der Waals surface area contributed by atoms with Gasteiger partial charge in [-0.2, -0.15) is 5.26 Å². The van der Waals surface area contributed by atoms with Crippen molar-refractivity contribution >= 4 is 5.57 Å². The molecule has 0 saturated heterocycles. The van der Waals surface area contributed by atoms with Crippen molar-refractivity contribution in [1.82, 2.24) is 0 Å². The maximum atomic E-state index is 8.92. The number of hydrogen-bond donors (Lipinski definition) is 1. The molecular formula is C32H45NO. The van der Waals surface area contributed by atoms with Crippen molar-refractivity contribution in [2.75, 3.05) is 0 Å². The van der Waals surface area contributed by atoms with Crippen molar-refractivity contribution in [3.05, 3.63) is 83.1 Å². The maximum absolute atomic E-state index is 8.92. The molecule has 2 aromatic rings. The van der Waals surface area contributed by atoms with Gasteiger partial charge in [-0.15, -0.1) is 5.73 Å². The molecule has 184 valence electrons. The molecule has 1 aliphatic carbocycles. The van der Waals surface area contributed by atoms with Gasteiger partial charge in [0.05, 0.1) is 11.6 Å². The molecule has 0 heterocycles. The second kappa shape index (κ2) is 16.1. The zero-order valence-electron chi connectivity index (χ0n) is 22.3. The van der Waals surface area contributed by atoms with Crippen LogP contribution in [0.3, 0.4) is 0 Å². The van der Waals surface area contributed by atoms with Gasteiger partial charge in [0, 0.05) is 11.7 Å². The number of benzene rings is 2. The minimum atomic E-state index is -0.167. The quantitative estimate of drug-likeness (QED) is 0.454. The Balaban J connectivity index is 0.000000489. The molecule has 2 nitrogen and oxygen atoms in total. The van der Waals surface area contributed by atoms with E-state index in [1.807, 2.05) is 12.1 Å². The molecule has 2 aromatic carbocycles. The minimum Gasteiger partial charge on any atom is -0.394 e. The third-order valence-corrected chi connectivity index (χ3v) is 6.07. The fourth-order valence-corrected chi connectivity index (χ4v) is 4.34. The molecule has 34 heavy (non-hydrogen) atoms. The van der Waals surface area contributed by atoms with Crippen LogP contribution < -0.4 is 0 Å². The van der Waals surface area contributed by atoms with Crippen molar-refractivity contribution in [2.45, 2.75) is 92.1 Å². The van der Waals surface area contributed by atoms with Crippen molar-refractivity contribution in [3.8, 4) is 6.07 Å². The molecule has 0 unspecified atom stereocenters. The van der Waals surface area contributed by atoms with Crippen molar-refractivity contribution in [2.24, 2.45) is 11.8 Å². The normalized spacial score (nSPS) is 16.9. The molecule has 3 rings (SSSR count). The maximum Gasteiger partial charge on any atom is 0.0991 e.